The molecule has 0 aliphatic carbocycles. The maximum Gasteiger partial charge on any atom is 0.323 e. The second-order valence-corrected chi connectivity index (χ2v) is 5.78. The van der Waals surface area contributed by atoms with Crippen LogP contribution in [0.5, 0.6) is 0 Å². The molecule has 2 amide bonds. The number of urea groups is 1. The van der Waals surface area contributed by atoms with Crippen molar-refractivity contribution in [2.24, 2.45) is 0 Å². The van der Waals surface area contributed by atoms with E-state index in [4.69, 9.17) is 11.6 Å². The Morgan fingerprint density at radius 2 is 1.73 bits per heavy atom. The van der Waals surface area contributed by atoms with Gasteiger partial charge in [-0.25, -0.2) is 9.18 Å². The molecule has 0 radical (unpaired) electrons. The Morgan fingerprint density at radius 3 is 2.36 bits per heavy atom. The molecule has 116 valence electrons. The number of aryl methyl sites for hydroxylation is 1. The highest BCUT2D eigenvalue weighted by molar-refractivity contribution is 6.33. The monoisotopic (exact) mass is 320 g/mol. The Labute approximate surface area is 134 Å². The molecule has 0 unspecified atom stereocenters. The Hall–Kier alpha value is -2.07. The van der Waals surface area contributed by atoms with Crippen LogP contribution in [0.2, 0.25) is 5.02 Å². The number of carbonyl (C=O) groups excluding carboxylic acids is 1. The number of hydrogen-bond donors (Lipinski definition) is 2. The van der Waals surface area contributed by atoms with Gasteiger partial charge in [-0.1, -0.05) is 49.7 Å². The molecule has 22 heavy (non-hydrogen) atoms. The molecule has 2 aromatic carbocycles. The van der Waals surface area contributed by atoms with E-state index in [2.05, 4.69) is 10.6 Å². The minimum atomic E-state index is -0.573. The van der Waals surface area contributed by atoms with E-state index in [-0.39, 0.29) is 16.6 Å². The van der Waals surface area contributed by atoms with Crippen LogP contribution in [0.1, 0.15) is 30.9 Å². The predicted octanol–water partition coefficient (Wildman–Crippen LogP) is 5.55. The smallest absolute Gasteiger partial charge is 0.307 e. The van der Waals surface area contributed by atoms with Crippen LogP contribution >= 0.6 is 11.6 Å². The number of benzene rings is 2. The number of carbonyl (C=O) groups is 1. The Bertz CT molecular complexity index is 681. The molecular weight excluding hydrogens is 303 g/mol. The second kappa shape index (κ2) is 6.79. The molecule has 0 aliphatic rings. The zero-order chi connectivity index (χ0) is 16.3. The highest BCUT2D eigenvalue weighted by Gasteiger charge is 2.14. The van der Waals surface area contributed by atoms with Crippen molar-refractivity contribution in [2.75, 3.05) is 10.6 Å². The van der Waals surface area contributed by atoms with Gasteiger partial charge in [0, 0.05) is 5.69 Å². The van der Waals surface area contributed by atoms with Crippen molar-refractivity contribution in [1.29, 1.82) is 0 Å². The van der Waals surface area contributed by atoms with Crippen molar-refractivity contribution < 1.29 is 9.18 Å². The first-order chi connectivity index (χ1) is 10.4. The first-order valence-corrected chi connectivity index (χ1v) is 7.39. The minimum absolute atomic E-state index is 0.0265. The third-order valence-electron chi connectivity index (χ3n) is 3.37. The third kappa shape index (κ3) is 3.57. The number of amides is 2. The molecule has 0 saturated carbocycles. The Morgan fingerprint density at radius 1 is 1.09 bits per heavy atom. The molecule has 0 heterocycles. The van der Waals surface area contributed by atoms with Crippen molar-refractivity contribution in [3.63, 3.8) is 0 Å². The summed E-state index contributed by atoms with van der Waals surface area (Å²) in [6.45, 7) is 6.01. The van der Waals surface area contributed by atoms with E-state index in [0.29, 0.717) is 0 Å². The first-order valence-electron chi connectivity index (χ1n) is 7.01. The number of anilines is 2. The van der Waals surface area contributed by atoms with Gasteiger partial charge in [0.25, 0.3) is 0 Å². The van der Waals surface area contributed by atoms with E-state index < -0.39 is 11.8 Å². The zero-order valence-corrected chi connectivity index (χ0v) is 13.5. The molecule has 2 N–H and O–H groups in total. The fraction of sp³-hybridized carbons (Fsp3) is 0.235. The van der Waals surface area contributed by atoms with Crippen LogP contribution in [0.15, 0.2) is 36.4 Å². The van der Waals surface area contributed by atoms with Crippen molar-refractivity contribution in [1.82, 2.24) is 0 Å². The number of halogens is 2. The summed E-state index contributed by atoms with van der Waals surface area (Å²) in [4.78, 5) is 12.2. The molecular formula is C17H18ClFN2O. The lowest BCUT2D eigenvalue weighted by Crippen LogP contribution is -2.22. The van der Waals surface area contributed by atoms with Gasteiger partial charge in [0.2, 0.25) is 0 Å². The molecule has 0 aliphatic heterocycles. The highest BCUT2D eigenvalue weighted by Crippen LogP contribution is 2.28. The summed E-state index contributed by atoms with van der Waals surface area (Å²) in [6, 6.07) is 9.55. The summed E-state index contributed by atoms with van der Waals surface area (Å²) in [5.74, 6) is -0.316. The molecule has 0 fully saturated rings. The summed E-state index contributed by atoms with van der Waals surface area (Å²) in [5.41, 5.74) is 2.68. The van der Waals surface area contributed by atoms with Gasteiger partial charge < -0.3 is 10.6 Å². The average Bonchev–Trinajstić information content (AvgIpc) is 2.45. The standard InChI is InChI=1S/C17H18ClFN2O/c1-10(2)12-7-4-6-11(3)15(12)20-17(22)21-16-13(18)8-5-9-14(16)19/h4-10H,1-3H3,(H2,20,21,22). The SMILES string of the molecule is Cc1cccc(C(C)C)c1NC(=O)Nc1c(F)cccc1Cl. The van der Waals surface area contributed by atoms with Gasteiger partial charge in [0.05, 0.1) is 10.7 Å². The summed E-state index contributed by atoms with van der Waals surface area (Å²) in [6.07, 6.45) is 0. The lowest BCUT2D eigenvalue weighted by molar-refractivity contribution is 0.262. The number of hydrogen-bond acceptors (Lipinski definition) is 1. The number of nitrogens with one attached hydrogen (secondary N) is 2. The zero-order valence-electron chi connectivity index (χ0n) is 12.7. The summed E-state index contributed by atoms with van der Waals surface area (Å²) < 4.78 is 13.7. The molecule has 0 bridgehead atoms. The molecule has 0 atom stereocenters. The van der Waals surface area contributed by atoms with Gasteiger partial charge in [-0.15, -0.1) is 0 Å². The first kappa shape index (κ1) is 16.3. The molecule has 0 aromatic heterocycles. The van der Waals surface area contributed by atoms with E-state index in [1.165, 1.54) is 18.2 Å². The predicted molar refractivity (Wildman–Crippen MR) is 89.3 cm³/mol. The largest absolute Gasteiger partial charge is 0.323 e. The summed E-state index contributed by atoms with van der Waals surface area (Å²) in [5, 5.41) is 5.41. The Balaban J connectivity index is 2.23. The molecule has 0 spiro atoms. The van der Waals surface area contributed by atoms with Crippen molar-refractivity contribution in [3.05, 3.63) is 58.4 Å². The Kier molecular flexibility index (Phi) is 5.03. The maximum absolute atomic E-state index is 13.7. The van der Waals surface area contributed by atoms with E-state index >= 15 is 0 Å². The van der Waals surface area contributed by atoms with E-state index in [1.807, 2.05) is 39.0 Å². The van der Waals surface area contributed by atoms with Crippen LogP contribution in [0.25, 0.3) is 0 Å². The van der Waals surface area contributed by atoms with E-state index in [0.717, 1.165) is 16.8 Å². The van der Waals surface area contributed by atoms with Gasteiger partial charge in [-0.2, -0.15) is 0 Å². The fourth-order valence-electron chi connectivity index (χ4n) is 2.22. The maximum atomic E-state index is 13.7. The van der Waals surface area contributed by atoms with Crippen LogP contribution in [-0.4, -0.2) is 6.03 Å². The highest BCUT2D eigenvalue weighted by atomic mass is 35.5. The average molecular weight is 321 g/mol. The van der Waals surface area contributed by atoms with Crippen molar-refractivity contribution >= 4 is 29.0 Å². The van der Waals surface area contributed by atoms with Crippen LogP contribution in [0.4, 0.5) is 20.6 Å². The molecule has 2 aromatic rings. The van der Waals surface area contributed by atoms with Gasteiger partial charge in [-0.05, 0) is 36.1 Å². The molecule has 2 rings (SSSR count). The third-order valence-corrected chi connectivity index (χ3v) is 3.68. The molecule has 3 nitrogen and oxygen atoms in total. The van der Waals surface area contributed by atoms with Crippen LogP contribution in [-0.2, 0) is 0 Å². The van der Waals surface area contributed by atoms with Crippen LogP contribution < -0.4 is 10.6 Å². The van der Waals surface area contributed by atoms with E-state index in [9.17, 15) is 9.18 Å². The molecule has 0 saturated heterocycles. The second-order valence-electron chi connectivity index (χ2n) is 5.37. The van der Waals surface area contributed by atoms with Gasteiger partial charge in [-0.3, -0.25) is 0 Å². The number of rotatable bonds is 3. The lowest BCUT2D eigenvalue weighted by Gasteiger charge is -2.17. The van der Waals surface area contributed by atoms with Crippen molar-refractivity contribution in [3.8, 4) is 0 Å². The van der Waals surface area contributed by atoms with Crippen LogP contribution in [0, 0.1) is 12.7 Å². The summed E-state index contributed by atoms with van der Waals surface area (Å²) >= 11 is 5.91. The van der Waals surface area contributed by atoms with Crippen LogP contribution in [0.3, 0.4) is 0 Å². The topological polar surface area (TPSA) is 41.1 Å². The number of para-hydroxylation sites is 2. The summed E-state index contributed by atoms with van der Waals surface area (Å²) in [7, 11) is 0. The van der Waals surface area contributed by atoms with Gasteiger partial charge in [0.1, 0.15) is 5.82 Å². The fourth-order valence-corrected chi connectivity index (χ4v) is 2.43. The van der Waals surface area contributed by atoms with E-state index in [1.54, 1.807) is 0 Å². The molecule has 5 heteroatoms. The van der Waals surface area contributed by atoms with Gasteiger partial charge in [0.15, 0.2) is 0 Å². The normalized spacial score (nSPS) is 10.6. The quantitative estimate of drug-likeness (QED) is 0.764. The van der Waals surface area contributed by atoms with Crippen molar-refractivity contribution in [2.45, 2.75) is 26.7 Å². The lowest BCUT2D eigenvalue weighted by atomic mass is 9.98. The minimum Gasteiger partial charge on any atom is -0.307 e. The van der Waals surface area contributed by atoms with Gasteiger partial charge >= 0.3 is 6.03 Å².